The molecule has 1 aliphatic rings. The summed E-state index contributed by atoms with van der Waals surface area (Å²) >= 11 is 0. The zero-order chi connectivity index (χ0) is 13.5. The van der Waals surface area contributed by atoms with Gasteiger partial charge in [0.05, 0.1) is 6.04 Å². The minimum Gasteiger partial charge on any atom is -0.368 e. The molecule has 1 aliphatic heterocycles. The van der Waals surface area contributed by atoms with Gasteiger partial charge in [0.25, 0.3) is 0 Å². The minimum atomic E-state index is -0.219. The summed E-state index contributed by atoms with van der Waals surface area (Å²) in [5.74, 6) is 1.36. The van der Waals surface area contributed by atoms with Crippen LogP contribution in [-0.2, 0) is 4.79 Å². The Balaban J connectivity index is 2.28. The van der Waals surface area contributed by atoms with Crippen molar-refractivity contribution < 1.29 is 4.79 Å². The van der Waals surface area contributed by atoms with E-state index in [-0.39, 0.29) is 11.9 Å². The monoisotopic (exact) mass is 255 g/mol. The Morgan fingerprint density at radius 2 is 2.22 bits per heavy atom. The van der Waals surface area contributed by atoms with E-state index in [1.54, 1.807) is 0 Å². The van der Waals surface area contributed by atoms with E-state index in [1.807, 2.05) is 0 Å². The van der Waals surface area contributed by atoms with E-state index in [0.717, 1.165) is 37.8 Å². The van der Waals surface area contributed by atoms with Crippen LogP contribution in [-0.4, -0.2) is 43.0 Å². The average molecular weight is 255 g/mol. The minimum absolute atomic E-state index is 0.164. The smallest absolute Gasteiger partial charge is 0.234 e. The van der Waals surface area contributed by atoms with Gasteiger partial charge in [0.2, 0.25) is 5.91 Å². The van der Waals surface area contributed by atoms with Crippen LogP contribution in [0, 0.1) is 11.8 Å². The third-order valence-corrected chi connectivity index (χ3v) is 3.97. The molecule has 1 heterocycles. The van der Waals surface area contributed by atoms with Crippen LogP contribution in [0.2, 0.25) is 0 Å². The average Bonchev–Trinajstić information content (AvgIpc) is 2.77. The Morgan fingerprint density at radius 1 is 1.50 bits per heavy atom. The van der Waals surface area contributed by atoms with Crippen LogP contribution >= 0.6 is 0 Å². The van der Waals surface area contributed by atoms with Gasteiger partial charge in [0.15, 0.2) is 0 Å². The van der Waals surface area contributed by atoms with Crippen molar-refractivity contribution in [1.29, 1.82) is 0 Å². The summed E-state index contributed by atoms with van der Waals surface area (Å²) in [4.78, 5) is 13.8. The topological polar surface area (TPSA) is 58.4 Å². The number of nitrogens with zero attached hydrogens (tertiary/aromatic N) is 1. The lowest BCUT2D eigenvalue weighted by molar-refractivity contribution is -0.120. The lowest BCUT2D eigenvalue weighted by Gasteiger charge is -2.21. The number of carbonyl (C=O) groups excluding carboxylic acids is 1. The number of nitrogens with two attached hydrogens (primary N) is 1. The highest BCUT2D eigenvalue weighted by Crippen LogP contribution is 2.23. The summed E-state index contributed by atoms with van der Waals surface area (Å²) in [5.41, 5.74) is 5.42. The predicted octanol–water partition coefficient (Wildman–Crippen LogP) is 1.21. The molecular formula is C14H29N3O. The highest BCUT2D eigenvalue weighted by Gasteiger charge is 2.25. The highest BCUT2D eigenvalue weighted by molar-refractivity contribution is 5.79. The maximum atomic E-state index is 11.3. The zero-order valence-corrected chi connectivity index (χ0v) is 12.1. The maximum Gasteiger partial charge on any atom is 0.234 e. The second-order valence-corrected chi connectivity index (χ2v) is 5.79. The fraction of sp³-hybridized carbons (Fsp3) is 0.929. The molecule has 0 aromatic carbocycles. The molecule has 2 atom stereocenters. The Kier molecular flexibility index (Phi) is 6.65. The number of nitrogens with one attached hydrogen (secondary N) is 1. The van der Waals surface area contributed by atoms with Crippen molar-refractivity contribution in [2.45, 2.75) is 46.1 Å². The molecule has 4 heteroatoms. The SMILES string of the molecule is CCCNC(CCN1CCC(C(C)C)C1)C(N)=O. The van der Waals surface area contributed by atoms with Crippen molar-refractivity contribution in [2.75, 3.05) is 26.2 Å². The number of carbonyl (C=O) groups is 1. The van der Waals surface area contributed by atoms with Gasteiger partial charge in [-0.25, -0.2) is 0 Å². The van der Waals surface area contributed by atoms with E-state index >= 15 is 0 Å². The summed E-state index contributed by atoms with van der Waals surface area (Å²) < 4.78 is 0. The normalized spacial score (nSPS) is 22.6. The van der Waals surface area contributed by atoms with E-state index in [9.17, 15) is 4.79 Å². The van der Waals surface area contributed by atoms with E-state index in [4.69, 9.17) is 5.73 Å². The lowest BCUT2D eigenvalue weighted by atomic mass is 9.95. The van der Waals surface area contributed by atoms with Crippen molar-refractivity contribution in [3.8, 4) is 0 Å². The van der Waals surface area contributed by atoms with Gasteiger partial charge in [-0.2, -0.15) is 0 Å². The van der Waals surface area contributed by atoms with Crippen LogP contribution in [0.1, 0.15) is 40.0 Å². The number of amides is 1. The second-order valence-electron chi connectivity index (χ2n) is 5.79. The van der Waals surface area contributed by atoms with E-state index in [0.29, 0.717) is 0 Å². The van der Waals surface area contributed by atoms with Gasteiger partial charge in [-0.05, 0) is 44.2 Å². The molecule has 0 spiro atoms. The molecule has 0 saturated carbocycles. The van der Waals surface area contributed by atoms with Crippen LogP contribution in [0.3, 0.4) is 0 Å². The number of hydrogen-bond acceptors (Lipinski definition) is 3. The molecule has 0 bridgehead atoms. The standard InChI is InChI=1S/C14H29N3O/c1-4-7-16-13(14(15)18)6-9-17-8-5-12(10-17)11(2)3/h11-13,16H,4-10H2,1-3H3,(H2,15,18). The molecule has 3 N–H and O–H groups in total. The zero-order valence-electron chi connectivity index (χ0n) is 12.1. The maximum absolute atomic E-state index is 11.3. The Bertz CT molecular complexity index is 255. The summed E-state index contributed by atoms with van der Waals surface area (Å²) in [6.07, 6.45) is 3.16. The molecule has 1 saturated heterocycles. The first-order valence-corrected chi connectivity index (χ1v) is 7.29. The Morgan fingerprint density at radius 3 is 2.72 bits per heavy atom. The molecule has 0 radical (unpaired) electrons. The fourth-order valence-corrected chi connectivity index (χ4v) is 2.59. The molecule has 1 fully saturated rings. The quantitative estimate of drug-likeness (QED) is 0.685. The number of rotatable bonds is 8. The summed E-state index contributed by atoms with van der Waals surface area (Å²) in [7, 11) is 0. The summed E-state index contributed by atoms with van der Waals surface area (Å²) in [5, 5.41) is 3.23. The first kappa shape index (κ1) is 15.4. The number of hydrogen-bond donors (Lipinski definition) is 2. The molecule has 0 aliphatic carbocycles. The highest BCUT2D eigenvalue weighted by atomic mass is 16.1. The van der Waals surface area contributed by atoms with Crippen molar-refractivity contribution in [3.63, 3.8) is 0 Å². The fourth-order valence-electron chi connectivity index (χ4n) is 2.59. The van der Waals surface area contributed by atoms with Gasteiger partial charge in [-0.3, -0.25) is 4.79 Å². The molecule has 4 nitrogen and oxygen atoms in total. The van der Waals surface area contributed by atoms with Gasteiger partial charge < -0.3 is 16.0 Å². The van der Waals surface area contributed by atoms with Crippen molar-refractivity contribution in [2.24, 2.45) is 17.6 Å². The van der Waals surface area contributed by atoms with Gasteiger partial charge in [0.1, 0.15) is 0 Å². The number of likely N-dealkylation sites (tertiary alicyclic amines) is 1. The van der Waals surface area contributed by atoms with Gasteiger partial charge >= 0.3 is 0 Å². The lowest BCUT2D eigenvalue weighted by Crippen LogP contribution is -2.43. The molecule has 2 unspecified atom stereocenters. The van der Waals surface area contributed by atoms with E-state index in [2.05, 4.69) is 31.0 Å². The van der Waals surface area contributed by atoms with Crippen LogP contribution in [0.5, 0.6) is 0 Å². The second kappa shape index (κ2) is 7.74. The Hall–Kier alpha value is -0.610. The van der Waals surface area contributed by atoms with Crippen molar-refractivity contribution >= 4 is 5.91 Å². The third-order valence-electron chi connectivity index (χ3n) is 3.97. The molecule has 1 amide bonds. The summed E-state index contributed by atoms with van der Waals surface area (Å²) in [6.45, 7) is 10.9. The van der Waals surface area contributed by atoms with E-state index < -0.39 is 0 Å². The van der Waals surface area contributed by atoms with Crippen LogP contribution < -0.4 is 11.1 Å². The van der Waals surface area contributed by atoms with Crippen LogP contribution in [0.4, 0.5) is 0 Å². The first-order chi connectivity index (χ1) is 8.54. The van der Waals surface area contributed by atoms with E-state index in [1.165, 1.54) is 19.5 Å². The third kappa shape index (κ3) is 4.94. The van der Waals surface area contributed by atoms with Crippen molar-refractivity contribution in [1.82, 2.24) is 10.2 Å². The largest absolute Gasteiger partial charge is 0.368 e. The van der Waals surface area contributed by atoms with Gasteiger partial charge in [-0.1, -0.05) is 20.8 Å². The van der Waals surface area contributed by atoms with Gasteiger partial charge in [0, 0.05) is 13.1 Å². The molecule has 0 aromatic rings. The van der Waals surface area contributed by atoms with Crippen molar-refractivity contribution in [3.05, 3.63) is 0 Å². The summed E-state index contributed by atoms with van der Waals surface area (Å²) in [6, 6.07) is -0.164. The molecule has 18 heavy (non-hydrogen) atoms. The van der Waals surface area contributed by atoms with Crippen LogP contribution in [0.25, 0.3) is 0 Å². The molecule has 106 valence electrons. The molecular weight excluding hydrogens is 226 g/mol. The molecule has 1 rings (SSSR count). The first-order valence-electron chi connectivity index (χ1n) is 7.29. The van der Waals surface area contributed by atoms with Crippen LogP contribution in [0.15, 0.2) is 0 Å². The van der Waals surface area contributed by atoms with Gasteiger partial charge in [-0.15, -0.1) is 0 Å². The predicted molar refractivity (Wildman–Crippen MR) is 75.3 cm³/mol. The molecule has 0 aromatic heterocycles. The number of primary amides is 1. The Labute approximate surface area is 111 Å².